The Balaban J connectivity index is 2.79. The Bertz CT molecular complexity index is 872. The Morgan fingerprint density at radius 1 is 0.941 bits per heavy atom. The van der Waals surface area contributed by atoms with E-state index >= 15 is 0 Å². The van der Waals surface area contributed by atoms with Crippen molar-refractivity contribution in [2.75, 3.05) is 6.54 Å². The molecular weight excluding hydrogens is 448 g/mol. The molecule has 0 aromatic heterocycles. The molecule has 0 aliphatic heterocycles. The molecule has 3 unspecified atom stereocenters. The minimum absolute atomic E-state index is 0.00615. The van der Waals surface area contributed by atoms with Crippen LogP contribution in [0.3, 0.4) is 0 Å². The fourth-order valence-corrected chi connectivity index (χ4v) is 3.04. The molecule has 3 amide bonds. The van der Waals surface area contributed by atoms with E-state index in [1.165, 1.54) is 24.3 Å². The lowest BCUT2D eigenvalue weighted by Gasteiger charge is -2.21. The fourth-order valence-electron chi connectivity index (χ4n) is 3.04. The number of rotatable bonds is 14. The summed E-state index contributed by atoms with van der Waals surface area (Å²) in [5, 5.41) is 34.7. The van der Waals surface area contributed by atoms with Crippen LogP contribution in [0.1, 0.15) is 38.7 Å². The number of hydrogen-bond acceptors (Lipinski definition) is 7. The summed E-state index contributed by atoms with van der Waals surface area (Å²) < 4.78 is 0. The maximum atomic E-state index is 12.7. The summed E-state index contributed by atoms with van der Waals surface area (Å²) in [4.78, 5) is 59.5. The molecule has 0 fully saturated rings. The van der Waals surface area contributed by atoms with Gasteiger partial charge in [-0.25, -0.2) is 4.79 Å². The predicted molar refractivity (Wildman–Crippen MR) is 121 cm³/mol. The Morgan fingerprint density at radius 2 is 1.56 bits per heavy atom. The number of aliphatic carboxylic acids is 2. The summed E-state index contributed by atoms with van der Waals surface area (Å²) in [7, 11) is 0. The number of nitrogens with one attached hydrogen (secondary N) is 3. The van der Waals surface area contributed by atoms with Crippen LogP contribution >= 0.6 is 0 Å². The average Bonchev–Trinajstić information content (AvgIpc) is 2.74. The summed E-state index contributed by atoms with van der Waals surface area (Å²) in [6.07, 6.45) is -0.446. The van der Waals surface area contributed by atoms with E-state index in [1.807, 2.05) is 13.8 Å². The van der Waals surface area contributed by atoms with Gasteiger partial charge in [0.1, 0.15) is 17.8 Å². The first kappa shape index (κ1) is 28.4. The lowest BCUT2D eigenvalue weighted by molar-refractivity contribution is -0.143. The highest BCUT2D eigenvalue weighted by atomic mass is 16.4. The van der Waals surface area contributed by atoms with E-state index in [9.17, 15) is 34.2 Å². The average molecular weight is 481 g/mol. The first-order chi connectivity index (χ1) is 15.9. The van der Waals surface area contributed by atoms with Crippen LogP contribution in [0.15, 0.2) is 24.3 Å². The van der Waals surface area contributed by atoms with Crippen molar-refractivity contribution in [2.24, 2.45) is 11.7 Å². The molecule has 8 N–H and O–H groups in total. The molecule has 0 spiro atoms. The van der Waals surface area contributed by atoms with E-state index < -0.39 is 60.8 Å². The van der Waals surface area contributed by atoms with Gasteiger partial charge < -0.3 is 37.0 Å². The van der Waals surface area contributed by atoms with Crippen LogP contribution in [-0.2, 0) is 30.4 Å². The number of carbonyl (C=O) groups excluding carboxylic acids is 3. The third kappa shape index (κ3) is 10.8. The number of benzene rings is 1. The molecule has 3 atom stereocenters. The molecular formula is C22H32N4O8. The molecule has 1 aromatic rings. The lowest BCUT2D eigenvalue weighted by atomic mass is 10.0. The Hall–Kier alpha value is -3.67. The summed E-state index contributed by atoms with van der Waals surface area (Å²) in [5.74, 6) is -4.58. The molecule has 34 heavy (non-hydrogen) atoms. The molecule has 0 bridgehead atoms. The van der Waals surface area contributed by atoms with Gasteiger partial charge in [-0.3, -0.25) is 19.2 Å². The van der Waals surface area contributed by atoms with Gasteiger partial charge >= 0.3 is 11.9 Å². The number of aromatic hydroxyl groups is 1. The van der Waals surface area contributed by atoms with Crippen molar-refractivity contribution in [1.29, 1.82) is 0 Å². The third-order valence-corrected chi connectivity index (χ3v) is 4.77. The maximum absolute atomic E-state index is 12.7. The molecule has 1 aromatic carbocycles. The third-order valence-electron chi connectivity index (χ3n) is 4.77. The van der Waals surface area contributed by atoms with Crippen LogP contribution in [-0.4, -0.2) is 69.7 Å². The van der Waals surface area contributed by atoms with Crippen molar-refractivity contribution in [3.8, 4) is 5.75 Å². The van der Waals surface area contributed by atoms with Crippen molar-refractivity contribution >= 4 is 29.7 Å². The zero-order valence-corrected chi connectivity index (χ0v) is 19.1. The number of carboxylic acid groups (broad SMARTS) is 2. The Kier molecular flexibility index (Phi) is 11.5. The number of phenols is 1. The standard InChI is InChI=1S/C22H32N4O8/c1-12(2)9-15(23)20(31)24-11-18(28)25-16(7-8-19(29)30)21(32)26-17(22(33)34)10-13-3-5-14(27)6-4-13/h3-6,12,15-17,27H,7-11,23H2,1-2H3,(H,24,31)(H,25,28)(H,26,32)(H,29,30)(H,33,34). The van der Waals surface area contributed by atoms with Crippen LogP contribution in [0.5, 0.6) is 5.75 Å². The first-order valence-electron chi connectivity index (χ1n) is 10.7. The normalized spacial score (nSPS) is 13.4. The molecule has 12 nitrogen and oxygen atoms in total. The molecule has 1 rings (SSSR count). The van der Waals surface area contributed by atoms with Crippen LogP contribution in [0.25, 0.3) is 0 Å². The van der Waals surface area contributed by atoms with Crippen molar-refractivity contribution < 1.29 is 39.3 Å². The summed E-state index contributed by atoms with van der Waals surface area (Å²) in [6.45, 7) is 3.28. The van der Waals surface area contributed by atoms with Gasteiger partial charge in [-0.05, 0) is 36.5 Å². The van der Waals surface area contributed by atoms with Gasteiger partial charge in [0.25, 0.3) is 0 Å². The second-order valence-electron chi connectivity index (χ2n) is 8.28. The van der Waals surface area contributed by atoms with Gasteiger partial charge in [-0.1, -0.05) is 26.0 Å². The van der Waals surface area contributed by atoms with Gasteiger partial charge in [0, 0.05) is 12.8 Å². The first-order valence-corrected chi connectivity index (χ1v) is 10.7. The van der Waals surface area contributed by atoms with E-state index in [1.54, 1.807) is 0 Å². The molecule has 0 saturated carbocycles. The number of phenolic OH excluding ortho intramolecular Hbond substituents is 1. The molecule has 0 aliphatic carbocycles. The van der Waals surface area contributed by atoms with E-state index in [0.29, 0.717) is 12.0 Å². The lowest BCUT2D eigenvalue weighted by Crippen LogP contribution is -2.54. The quantitative estimate of drug-likeness (QED) is 0.180. The topological polar surface area (TPSA) is 208 Å². The summed E-state index contributed by atoms with van der Waals surface area (Å²) >= 11 is 0. The highest BCUT2D eigenvalue weighted by molar-refractivity contribution is 5.92. The number of nitrogens with two attached hydrogens (primary N) is 1. The van der Waals surface area contributed by atoms with Crippen LogP contribution in [0.2, 0.25) is 0 Å². The molecule has 12 heteroatoms. The Morgan fingerprint density at radius 3 is 2.09 bits per heavy atom. The second kappa shape index (κ2) is 13.8. The summed E-state index contributed by atoms with van der Waals surface area (Å²) in [6, 6.07) is 2.21. The zero-order valence-electron chi connectivity index (χ0n) is 19.1. The zero-order chi connectivity index (χ0) is 25.8. The van der Waals surface area contributed by atoms with Crippen LogP contribution in [0.4, 0.5) is 0 Å². The Labute approximate surface area is 196 Å². The van der Waals surface area contributed by atoms with E-state index in [2.05, 4.69) is 16.0 Å². The number of carbonyl (C=O) groups is 5. The second-order valence-corrected chi connectivity index (χ2v) is 8.28. The molecule has 188 valence electrons. The molecule has 0 heterocycles. The van der Waals surface area contributed by atoms with Crippen molar-refractivity contribution in [1.82, 2.24) is 16.0 Å². The minimum Gasteiger partial charge on any atom is -0.508 e. The van der Waals surface area contributed by atoms with Crippen molar-refractivity contribution in [3.05, 3.63) is 29.8 Å². The van der Waals surface area contributed by atoms with Gasteiger partial charge in [0.15, 0.2) is 0 Å². The van der Waals surface area contributed by atoms with E-state index in [-0.39, 0.29) is 24.5 Å². The van der Waals surface area contributed by atoms with Crippen molar-refractivity contribution in [3.63, 3.8) is 0 Å². The fraction of sp³-hybridized carbons (Fsp3) is 0.500. The largest absolute Gasteiger partial charge is 0.508 e. The number of hydrogen-bond donors (Lipinski definition) is 7. The van der Waals surface area contributed by atoms with Gasteiger partial charge in [0.05, 0.1) is 12.6 Å². The van der Waals surface area contributed by atoms with Crippen LogP contribution < -0.4 is 21.7 Å². The highest BCUT2D eigenvalue weighted by Crippen LogP contribution is 2.12. The highest BCUT2D eigenvalue weighted by Gasteiger charge is 2.27. The number of amides is 3. The molecule has 0 saturated heterocycles. The van der Waals surface area contributed by atoms with Crippen LogP contribution in [0, 0.1) is 5.92 Å². The maximum Gasteiger partial charge on any atom is 0.326 e. The smallest absolute Gasteiger partial charge is 0.326 e. The van der Waals surface area contributed by atoms with Gasteiger partial charge in [-0.2, -0.15) is 0 Å². The van der Waals surface area contributed by atoms with E-state index in [0.717, 1.165) is 0 Å². The number of carboxylic acids is 2. The minimum atomic E-state index is -1.37. The molecule has 0 aliphatic rings. The van der Waals surface area contributed by atoms with E-state index in [4.69, 9.17) is 10.8 Å². The predicted octanol–water partition coefficient (Wildman–Crippen LogP) is -0.657. The van der Waals surface area contributed by atoms with Crippen molar-refractivity contribution in [2.45, 2.75) is 57.7 Å². The monoisotopic (exact) mass is 480 g/mol. The van der Waals surface area contributed by atoms with Gasteiger partial charge in [-0.15, -0.1) is 0 Å². The molecule has 0 radical (unpaired) electrons. The SMILES string of the molecule is CC(C)CC(N)C(=O)NCC(=O)NC(CCC(=O)O)C(=O)NC(Cc1ccc(O)cc1)C(=O)O. The summed E-state index contributed by atoms with van der Waals surface area (Å²) in [5.41, 5.74) is 6.27. The van der Waals surface area contributed by atoms with Gasteiger partial charge in [0.2, 0.25) is 17.7 Å².